The predicted octanol–water partition coefficient (Wildman–Crippen LogP) is 0.544. The average molecular weight is 377 g/mol. The zero-order valence-electron chi connectivity index (χ0n) is 13.9. The number of carbonyl (C=O) groups excluding carboxylic acids is 3. The number of nitro benzene ring substituents is 1. The van der Waals surface area contributed by atoms with Crippen molar-refractivity contribution in [3.05, 3.63) is 34.4 Å². The Morgan fingerprint density at radius 1 is 1.38 bits per heavy atom. The number of hydrazine groups is 1. The predicted molar refractivity (Wildman–Crippen MR) is 93.6 cm³/mol. The van der Waals surface area contributed by atoms with Crippen molar-refractivity contribution in [2.24, 2.45) is 0 Å². The molecule has 2 aliphatic rings. The molecule has 3 amide bonds. The van der Waals surface area contributed by atoms with E-state index in [1.807, 2.05) is 0 Å². The maximum atomic E-state index is 12.8. The van der Waals surface area contributed by atoms with E-state index >= 15 is 0 Å². The number of carbonyl (C=O) groups is 3. The Labute approximate surface area is 153 Å². The third kappa shape index (κ3) is 2.70. The summed E-state index contributed by atoms with van der Waals surface area (Å²) in [5.41, 5.74) is -1.47. The second-order valence-electron chi connectivity index (χ2n) is 6.35. The summed E-state index contributed by atoms with van der Waals surface area (Å²) in [6, 6.07) is 4.65. The molecule has 1 unspecified atom stereocenters. The average Bonchev–Trinajstić information content (AvgIpc) is 2.92. The highest BCUT2D eigenvalue weighted by atomic mass is 32.1. The molecule has 2 N–H and O–H groups in total. The lowest BCUT2D eigenvalue weighted by Crippen LogP contribution is -2.71. The normalized spacial score (nSPS) is 22.0. The van der Waals surface area contributed by atoms with E-state index in [-0.39, 0.29) is 22.9 Å². The number of amides is 3. The van der Waals surface area contributed by atoms with E-state index in [1.165, 1.54) is 23.2 Å². The number of anilines is 1. The van der Waals surface area contributed by atoms with Gasteiger partial charge in [-0.25, -0.2) is 5.01 Å². The Kier molecular flexibility index (Phi) is 4.20. The van der Waals surface area contributed by atoms with E-state index in [9.17, 15) is 24.5 Å². The van der Waals surface area contributed by atoms with Crippen LogP contribution in [0.25, 0.3) is 0 Å². The highest BCUT2D eigenvalue weighted by molar-refractivity contribution is 7.80. The van der Waals surface area contributed by atoms with Gasteiger partial charge in [-0.2, -0.15) is 5.01 Å². The van der Waals surface area contributed by atoms with E-state index in [0.29, 0.717) is 0 Å². The summed E-state index contributed by atoms with van der Waals surface area (Å²) in [4.78, 5) is 47.8. The molecule has 2 fully saturated rings. The van der Waals surface area contributed by atoms with Gasteiger partial charge in [0.05, 0.1) is 11.3 Å². The molecular formula is C15H15N5O5S. The molecule has 0 radical (unpaired) electrons. The van der Waals surface area contributed by atoms with Gasteiger partial charge in [0.25, 0.3) is 5.69 Å². The number of benzene rings is 1. The van der Waals surface area contributed by atoms with Gasteiger partial charge < -0.3 is 5.32 Å². The van der Waals surface area contributed by atoms with E-state index in [0.717, 1.165) is 5.01 Å². The van der Waals surface area contributed by atoms with Crippen LogP contribution in [-0.4, -0.2) is 49.4 Å². The monoisotopic (exact) mass is 377 g/mol. The number of nitrogens with zero attached hydrogens (tertiary/aromatic N) is 3. The second kappa shape index (κ2) is 6.11. The van der Waals surface area contributed by atoms with Crippen molar-refractivity contribution in [2.75, 3.05) is 5.32 Å². The number of rotatable bonds is 3. The van der Waals surface area contributed by atoms with Crippen LogP contribution in [0.1, 0.15) is 20.3 Å². The van der Waals surface area contributed by atoms with Crippen molar-refractivity contribution < 1.29 is 19.3 Å². The van der Waals surface area contributed by atoms with Crippen molar-refractivity contribution in [1.29, 1.82) is 0 Å². The molecule has 3 rings (SSSR count). The first-order valence-corrected chi connectivity index (χ1v) is 8.07. The molecule has 1 aromatic rings. The van der Waals surface area contributed by atoms with Crippen LogP contribution in [-0.2, 0) is 14.4 Å². The van der Waals surface area contributed by atoms with Gasteiger partial charge in [0.15, 0.2) is 5.11 Å². The molecule has 2 heterocycles. The number of fused-ring (bicyclic) bond motifs is 1. The highest BCUT2D eigenvalue weighted by Gasteiger charge is 2.56. The topological polar surface area (TPSA) is 125 Å². The smallest absolute Gasteiger partial charge is 0.292 e. The number of nitro groups is 1. The Bertz CT molecular complexity index is 855. The third-order valence-electron chi connectivity index (χ3n) is 4.32. The maximum Gasteiger partial charge on any atom is 0.292 e. The molecule has 136 valence electrons. The van der Waals surface area contributed by atoms with Gasteiger partial charge in [-0.1, -0.05) is 12.1 Å². The Balaban J connectivity index is 1.93. The summed E-state index contributed by atoms with van der Waals surface area (Å²) in [5, 5.41) is 18.3. The molecule has 26 heavy (non-hydrogen) atoms. The fourth-order valence-electron chi connectivity index (χ4n) is 3.01. The first kappa shape index (κ1) is 17.9. The third-order valence-corrected chi connectivity index (χ3v) is 4.59. The summed E-state index contributed by atoms with van der Waals surface area (Å²) in [5.74, 6) is -1.52. The largest absolute Gasteiger partial charge is 0.319 e. The Morgan fingerprint density at radius 3 is 2.69 bits per heavy atom. The molecular weight excluding hydrogens is 362 g/mol. The first-order valence-electron chi connectivity index (χ1n) is 7.66. The fourth-order valence-corrected chi connectivity index (χ4v) is 3.30. The van der Waals surface area contributed by atoms with Crippen molar-refractivity contribution in [1.82, 2.24) is 15.3 Å². The Hall–Kier alpha value is -2.92. The zero-order chi connectivity index (χ0) is 19.2. The fraction of sp³-hybridized carbons (Fsp3) is 0.333. The van der Waals surface area contributed by atoms with Gasteiger partial charge in [0.1, 0.15) is 17.3 Å². The summed E-state index contributed by atoms with van der Waals surface area (Å²) in [6.45, 7) is 3.11. The minimum absolute atomic E-state index is 0.00948. The summed E-state index contributed by atoms with van der Waals surface area (Å²) in [7, 11) is 0. The van der Waals surface area contributed by atoms with Gasteiger partial charge in [0.2, 0.25) is 17.7 Å². The number of hydrogen-bond acceptors (Lipinski definition) is 7. The summed E-state index contributed by atoms with van der Waals surface area (Å²) >= 11 is 5.03. The summed E-state index contributed by atoms with van der Waals surface area (Å²) < 4.78 is 0. The molecule has 0 aromatic heterocycles. The van der Waals surface area contributed by atoms with Crippen LogP contribution in [0.3, 0.4) is 0 Å². The molecule has 11 heteroatoms. The second-order valence-corrected chi connectivity index (χ2v) is 6.74. The van der Waals surface area contributed by atoms with Crippen LogP contribution in [0, 0.1) is 10.1 Å². The van der Waals surface area contributed by atoms with Crippen molar-refractivity contribution in [3.63, 3.8) is 0 Å². The molecule has 0 spiro atoms. The van der Waals surface area contributed by atoms with Crippen molar-refractivity contribution >= 4 is 46.4 Å². The van der Waals surface area contributed by atoms with Crippen LogP contribution in [0.2, 0.25) is 0 Å². The van der Waals surface area contributed by atoms with Gasteiger partial charge in [-0.05, 0) is 32.1 Å². The van der Waals surface area contributed by atoms with Gasteiger partial charge in [-0.15, -0.1) is 0 Å². The van der Waals surface area contributed by atoms with Gasteiger partial charge in [0, 0.05) is 6.07 Å². The lowest BCUT2D eigenvalue weighted by Gasteiger charge is -2.45. The van der Waals surface area contributed by atoms with Crippen LogP contribution in [0.4, 0.5) is 11.4 Å². The minimum Gasteiger partial charge on any atom is -0.319 e. The molecule has 2 saturated heterocycles. The highest BCUT2D eigenvalue weighted by Crippen LogP contribution is 2.33. The zero-order valence-corrected chi connectivity index (χ0v) is 14.7. The SMILES string of the molecule is CC1(C)C(=O)NC(=S)N2C(=O)CC(C(=O)Nc3ccccc3[N+](=O)[O-])N21. The maximum absolute atomic E-state index is 12.8. The number of para-hydroxylation sites is 2. The molecule has 0 bridgehead atoms. The van der Waals surface area contributed by atoms with E-state index in [4.69, 9.17) is 12.2 Å². The molecule has 0 aliphatic carbocycles. The van der Waals surface area contributed by atoms with Gasteiger partial charge >= 0.3 is 0 Å². The first-order chi connectivity index (χ1) is 12.1. The van der Waals surface area contributed by atoms with E-state index in [2.05, 4.69) is 10.6 Å². The van der Waals surface area contributed by atoms with Crippen molar-refractivity contribution in [3.8, 4) is 0 Å². The molecule has 0 saturated carbocycles. The van der Waals surface area contributed by atoms with Crippen LogP contribution < -0.4 is 10.6 Å². The van der Waals surface area contributed by atoms with Crippen LogP contribution in [0.5, 0.6) is 0 Å². The van der Waals surface area contributed by atoms with Gasteiger partial charge in [-0.3, -0.25) is 29.8 Å². The van der Waals surface area contributed by atoms with Crippen LogP contribution in [0.15, 0.2) is 24.3 Å². The number of hydrogen-bond donors (Lipinski definition) is 2. The molecule has 10 nitrogen and oxygen atoms in total. The molecule has 1 aromatic carbocycles. The van der Waals surface area contributed by atoms with Crippen molar-refractivity contribution in [2.45, 2.75) is 31.8 Å². The van der Waals surface area contributed by atoms with E-state index in [1.54, 1.807) is 19.9 Å². The Morgan fingerprint density at radius 2 is 2.04 bits per heavy atom. The lowest BCUT2D eigenvalue weighted by molar-refractivity contribution is -0.383. The number of thiocarbonyl (C=S) groups is 1. The lowest BCUT2D eigenvalue weighted by atomic mass is 10.00. The molecule has 2 aliphatic heterocycles. The molecule has 1 atom stereocenters. The minimum atomic E-state index is -1.21. The standard InChI is InChI=1S/C15H15N5O5S/c1-15(2)13(23)17-14(26)18-11(21)7-10(19(15)18)12(22)16-8-5-3-4-6-9(8)20(24)25/h3-6,10H,7H2,1-2H3,(H,16,22)(H,17,23,26). The number of nitrogens with one attached hydrogen (secondary N) is 2. The van der Waals surface area contributed by atoms with E-state index < -0.39 is 34.2 Å². The summed E-state index contributed by atoms with van der Waals surface area (Å²) in [6.07, 6.45) is -0.203. The quantitative estimate of drug-likeness (QED) is 0.447. The van der Waals surface area contributed by atoms with Crippen LogP contribution >= 0.6 is 12.2 Å².